The number of para-hydroxylation sites is 1. The normalized spacial score (nSPS) is 35.3. The van der Waals surface area contributed by atoms with Gasteiger partial charge in [-0.3, -0.25) is 23.2 Å². The molecular weight excluding hydrogens is 869 g/mol. The Morgan fingerprint density at radius 1 is 0.939 bits per heavy atom. The lowest BCUT2D eigenvalue weighted by Crippen LogP contribution is -2.81. The van der Waals surface area contributed by atoms with Crippen molar-refractivity contribution < 1.29 is 55.6 Å². The highest BCUT2D eigenvalue weighted by Gasteiger charge is 2.80. The summed E-state index contributed by atoms with van der Waals surface area (Å²) in [6.45, 7) is 7.65. The van der Waals surface area contributed by atoms with Crippen molar-refractivity contribution in [2.75, 3.05) is 73.1 Å². The minimum atomic E-state index is -4.16. The van der Waals surface area contributed by atoms with Crippen molar-refractivity contribution in [1.82, 2.24) is 14.8 Å². The van der Waals surface area contributed by atoms with E-state index in [0.29, 0.717) is 49.9 Å². The van der Waals surface area contributed by atoms with Crippen LogP contribution in [0.15, 0.2) is 48.6 Å². The number of likely N-dealkylation sites (N-methyl/N-ethyl adjacent to an activating group) is 1. The molecule has 0 radical (unpaired) electrons. The highest BCUT2D eigenvalue weighted by molar-refractivity contribution is 7.80. The average Bonchev–Trinajstić information content (AvgIpc) is 3.98. The second-order valence-corrected chi connectivity index (χ2v) is 20.8. The van der Waals surface area contributed by atoms with E-state index < -0.39 is 56.3 Å². The summed E-state index contributed by atoms with van der Waals surface area (Å²) in [4.78, 5) is 53.9. The maximum Gasteiger partial charge on any atom is 0.397 e. The molecule has 1 aromatic heterocycles. The van der Waals surface area contributed by atoms with Gasteiger partial charge in [-0.2, -0.15) is 8.42 Å². The van der Waals surface area contributed by atoms with Gasteiger partial charge in [0.05, 0.1) is 34.5 Å². The van der Waals surface area contributed by atoms with E-state index in [2.05, 4.69) is 55.4 Å². The molecule has 17 heteroatoms. The lowest BCUT2D eigenvalue weighted by Gasteiger charge is -2.63. The number of benzene rings is 2. The Balaban J connectivity index is 0.000000857. The third-order valence-corrected chi connectivity index (χ3v) is 17.4. The average molecular weight is 933 g/mol. The molecule has 358 valence electrons. The Labute approximate surface area is 386 Å². The van der Waals surface area contributed by atoms with Crippen molar-refractivity contribution in [2.45, 2.75) is 99.8 Å². The Morgan fingerprint density at radius 2 is 1.65 bits per heavy atom. The highest BCUT2D eigenvalue weighted by atomic mass is 32.3. The molecule has 6 heterocycles. The van der Waals surface area contributed by atoms with Crippen molar-refractivity contribution in [3.8, 4) is 5.75 Å². The topological polar surface area (TPSA) is 197 Å². The zero-order valence-electron chi connectivity index (χ0n) is 39.0. The molecule has 2 saturated heterocycles. The van der Waals surface area contributed by atoms with Gasteiger partial charge in [0.25, 0.3) is 0 Å². The van der Waals surface area contributed by atoms with E-state index in [1.165, 1.54) is 40.4 Å². The van der Waals surface area contributed by atoms with E-state index in [0.717, 1.165) is 78.6 Å². The largest absolute Gasteiger partial charge is 0.496 e. The van der Waals surface area contributed by atoms with Crippen LogP contribution in [0.25, 0.3) is 10.9 Å². The summed E-state index contributed by atoms with van der Waals surface area (Å²) in [5, 5.41) is 14.5. The lowest BCUT2D eigenvalue weighted by atomic mass is 9.47. The predicted molar refractivity (Wildman–Crippen MR) is 245 cm³/mol. The Bertz CT molecular complexity index is 2560. The van der Waals surface area contributed by atoms with Crippen LogP contribution in [-0.4, -0.2) is 143 Å². The number of rotatable bonds is 7. The minimum Gasteiger partial charge on any atom is -0.496 e. The molecule has 10 rings (SSSR count). The van der Waals surface area contributed by atoms with Crippen LogP contribution in [-0.2, 0) is 60.4 Å². The van der Waals surface area contributed by atoms with Crippen LogP contribution >= 0.6 is 0 Å². The fraction of sp³-hybridized carbons (Fsp3) is 0.612. The first-order chi connectivity index (χ1) is 31.5. The number of ether oxygens (including phenoxy) is 4. The summed E-state index contributed by atoms with van der Waals surface area (Å²) in [6.07, 6.45) is 10.1. The summed E-state index contributed by atoms with van der Waals surface area (Å²) in [5.41, 5.74) is 0.0512. The van der Waals surface area contributed by atoms with E-state index in [1.54, 1.807) is 7.11 Å². The highest BCUT2D eigenvalue weighted by Crippen LogP contribution is 2.68. The van der Waals surface area contributed by atoms with Gasteiger partial charge in [0.2, 0.25) is 5.60 Å². The van der Waals surface area contributed by atoms with Gasteiger partial charge in [-0.15, -0.1) is 0 Å². The molecule has 5 aliphatic heterocycles. The number of methoxy groups -OCH3 is 3. The number of esters is 3. The number of hydrogen-bond acceptors (Lipinski definition) is 14. The molecule has 2 bridgehead atoms. The summed E-state index contributed by atoms with van der Waals surface area (Å²) in [6, 6.07) is 11.4. The third-order valence-electron chi connectivity index (χ3n) is 17.0. The van der Waals surface area contributed by atoms with E-state index in [-0.39, 0.29) is 17.9 Å². The number of H-pyrrole nitrogens is 1. The Kier molecular flexibility index (Phi) is 11.9. The van der Waals surface area contributed by atoms with Crippen molar-refractivity contribution in [1.29, 1.82) is 0 Å². The second-order valence-electron chi connectivity index (χ2n) is 19.6. The molecule has 1 spiro atoms. The number of nitrogens with zero attached hydrogens (tertiary/aromatic N) is 3. The number of anilines is 1. The summed E-state index contributed by atoms with van der Waals surface area (Å²) >= 11 is 0. The molecule has 16 nitrogen and oxygen atoms in total. The van der Waals surface area contributed by atoms with E-state index in [1.807, 2.05) is 31.0 Å². The number of carbonyl (C=O) groups is 3. The smallest absolute Gasteiger partial charge is 0.397 e. The lowest BCUT2D eigenvalue weighted by molar-refractivity contribution is -0.228. The number of fused-ring (bicyclic) bond motifs is 8. The van der Waals surface area contributed by atoms with Gasteiger partial charge < -0.3 is 38.8 Å². The van der Waals surface area contributed by atoms with Crippen molar-refractivity contribution in [3.05, 3.63) is 70.9 Å². The molecular formula is C49H64N4O12S. The number of aromatic nitrogens is 1. The first-order valence-electron chi connectivity index (χ1n) is 23.3. The summed E-state index contributed by atoms with van der Waals surface area (Å²) in [7, 11) is 3.05. The van der Waals surface area contributed by atoms with Crippen LogP contribution in [0, 0.1) is 23.2 Å². The maximum atomic E-state index is 15.5. The van der Waals surface area contributed by atoms with E-state index in [9.17, 15) is 23.1 Å². The zero-order valence-corrected chi connectivity index (χ0v) is 39.8. The van der Waals surface area contributed by atoms with Crippen molar-refractivity contribution in [3.63, 3.8) is 0 Å². The molecule has 11 atom stereocenters. The third kappa shape index (κ3) is 6.68. The quantitative estimate of drug-likeness (QED) is 0.128. The summed E-state index contributed by atoms with van der Waals surface area (Å²) < 4.78 is 53.9. The van der Waals surface area contributed by atoms with Gasteiger partial charge in [0, 0.05) is 90.9 Å². The number of piperidine rings is 1. The van der Waals surface area contributed by atoms with Crippen molar-refractivity contribution >= 4 is 44.9 Å². The summed E-state index contributed by atoms with van der Waals surface area (Å²) in [5.74, 6) is 0.0532. The second kappa shape index (κ2) is 16.9. The number of aliphatic hydroxyl groups is 1. The Hall–Kier alpha value is -4.52. The molecule has 2 unspecified atom stereocenters. The fourth-order valence-corrected chi connectivity index (χ4v) is 14.7. The molecule has 2 aromatic carbocycles. The van der Waals surface area contributed by atoms with Gasteiger partial charge in [-0.25, -0.2) is 4.79 Å². The first-order valence-corrected chi connectivity index (χ1v) is 24.7. The molecule has 66 heavy (non-hydrogen) atoms. The molecule has 2 aliphatic carbocycles. The molecule has 3 N–H and O–H groups in total. The van der Waals surface area contributed by atoms with Crippen LogP contribution in [0.4, 0.5) is 5.69 Å². The van der Waals surface area contributed by atoms with Gasteiger partial charge in [-0.05, 0) is 86.1 Å². The number of carbonyl (C=O) groups excluding carboxylic acids is 3. The number of nitrogens with one attached hydrogen (secondary N) is 1. The maximum absolute atomic E-state index is 15.5. The zero-order chi connectivity index (χ0) is 47.1. The molecule has 2 saturated carbocycles. The van der Waals surface area contributed by atoms with E-state index in [4.69, 9.17) is 23.5 Å². The van der Waals surface area contributed by atoms with Crippen LogP contribution in [0.1, 0.15) is 81.2 Å². The predicted octanol–water partition coefficient (Wildman–Crippen LogP) is 4.70. The standard InChI is InChI=1S/C48H60N4O8.CH4O4S/c1-7-45-18-12-20-52-22-19-46(40(45)52)34-23-35(38(57-4)24-37(34)50(3)41(46)48(56,44(55)59-6)42(45)60-28(2)53)47(43(54)58-5)25-30-27-51(26-29-13-8-9-14-31(29)30)21-17-33-32-15-10-11-16-36(32)49-39(33)47;1-5-6(2,3)4/h10-12,15-16,18,23-24,29-31,40-42,49,56H,7-9,13-14,17,19-22,25-27H2,1-6H3;1H3,(H,2,3,4)/t29-,30-,31-,40-,41?,42+,45+,46+,47-,48+;/m0./s1. The molecule has 3 aromatic rings. The van der Waals surface area contributed by atoms with E-state index >= 15 is 4.79 Å². The number of aromatic amines is 1. The number of hydrogen-bond donors (Lipinski definition) is 3. The monoisotopic (exact) mass is 932 g/mol. The van der Waals surface area contributed by atoms with Gasteiger partial charge >= 0.3 is 28.3 Å². The van der Waals surface area contributed by atoms with Crippen LogP contribution in [0.5, 0.6) is 5.75 Å². The van der Waals surface area contributed by atoms with Crippen molar-refractivity contribution in [2.24, 2.45) is 23.2 Å². The van der Waals surface area contributed by atoms with Crippen LogP contribution in [0.2, 0.25) is 0 Å². The minimum absolute atomic E-state index is 0.217. The van der Waals surface area contributed by atoms with Gasteiger partial charge in [0.1, 0.15) is 11.2 Å². The van der Waals surface area contributed by atoms with Crippen LogP contribution in [0.3, 0.4) is 0 Å². The molecule has 4 fully saturated rings. The molecule has 7 aliphatic rings. The van der Waals surface area contributed by atoms with Gasteiger partial charge in [-0.1, -0.05) is 50.1 Å². The Morgan fingerprint density at radius 3 is 2.33 bits per heavy atom. The SMILES string of the molecule is CC[C@]12C=CCN3CC[C@@]4(c5cc([C@@]6(C(=O)OC)C[C@H]7CN(CCc8c6[nH]c6ccccc86)C[C@@H]6CCCC[C@H]76)c(OC)cc5N(C)C4[C@](O)(C(=O)OC)[C@@H]1OC(C)=O)[C@@H]32.COS(=O)(=O)O. The first kappa shape index (κ1) is 46.6. The van der Waals surface area contributed by atoms with Crippen LogP contribution < -0.4 is 9.64 Å². The fourth-order valence-electron chi connectivity index (χ4n) is 14.7. The molecule has 0 amide bonds. The van der Waals surface area contributed by atoms with Gasteiger partial charge in [0.15, 0.2) is 6.10 Å².